The fourth-order valence-corrected chi connectivity index (χ4v) is 4.93. The quantitative estimate of drug-likeness (QED) is 0.883. The van der Waals surface area contributed by atoms with Crippen LogP contribution in [-0.4, -0.2) is 14.3 Å². The second-order valence-electron chi connectivity index (χ2n) is 6.92. The molecule has 4 rings (SSSR count). The Kier molecular flexibility index (Phi) is 3.61. The molecule has 1 fully saturated rings. The van der Waals surface area contributed by atoms with Gasteiger partial charge in [0.25, 0.3) is 10.0 Å². The van der Waals surface area contributed by atoms with Crippen molar-refractivity contribution in [1.82, 2.24) is 0 Å². The summed E-state index contributed by atoms with van der Waals surface area (Å²) in [6.07, 6.45) is 3.68. The van der Waals surface area contributed by atoms with Gasteiger partial charge in [-0.1, -0.05) is 30.5 Å². The van der Waals surface area contributed by atoms with Gasteiger partial charge in [0.05, 0.1) is 10.3 Å². The third-order valence-corrected chi connectivity index (χ3v) is 6.66. The van der Waals surface area contributed by atoms with Crippen LogP contribution in [0.2, 0.25) is 0 Å². The van der Waals surface area contributed by atoms with E-state index in [-0.39, 0.29) is 10.8 Å². The van der Waals surface area contributed by atoms with Crippen molar-refractivity contribution in [3.63, 3.8) is 0 Å². The summed E-state index contributed by atoms with van der Waals surface area (Å²) in [5, 5.41) is 2.94. The van der Waals surface area contributed by atoms with E-state index in [2.05, 4.69) is 10.0 Å². The number of nitrogens with one attached hydrogen (secondary N) is 2. The molecule has 0 bridgehead atoms. The minimum atomic E-state index is -3.65. The molecule has 0 unspecified atom stereocenters. The summed E-state index contributed by atoms with van der Waals surface area (Å²) in [6, 6.07) is 12.0. The lowest BCUT2D eigenvalue weighted by molar-refractivity contribution is -0.120. The summed E-state index contributed by atoms with van der Waals surface area (Å²) in [5.41, 5.74) is 2.72. The molecule has 2 aliphatic rings. The number of fused-ring (bicyclic) bond motifs is 2. The Morgan fingerprint density at radius 2 is 1.72 bits per heavy atom. The van der Waals surface area contributed by atoms with Crippen LogP contribution in [0.5, 0.6) is 0 Å². The molecule has 1 aliphatic heterocycles. The fourth-order valence-electron chi connectivity index (χ4n) is 3.88. The van der Waals surface area contributed by atoms with Gasteiger partial charge in [-0.25, -0.2) is 8.42 Å². The summed E-state index contributed by atoms with van der Waals surface area (Å²) < 4.78 is 27.8. The van der Waals surface area contributed by atoms with E-state index in [0.717, 1.165) is 42.5 Å². The van der Waals surface area contributed by atoms with E-state index >= 15 is 0 Å². The maximum atomic E-state index is 12.6. The van der Waals surface area contributed by atoms with Crippen LogP contribution < -0.4 is 10.0 Å². The molecule has 1 heterocycles. The molecule has 5 nitrogen and oxygen atoms in total. The Morgan fingerprint density at radius 1 is 1.04 bits per heavy atom. The molecule has 2 aromatic carbocycles. The molecule has 0 radical (unpaired) electrons. The van der Waals surface area contributed by atoms with Crippen LogP contribution in [0.15, 0.2) is 47.4 Å². The molecule has 1 aliphatic carbocycles. The van der Waals surface area contributed by atoms with Gasteiger partial charge < -0.3 is 5.32 Å². The Labute approximate surface area is 147 Å². The maximum Gasteiger partial charge on any atom is 0.261 e. The Balaban J connectivity index is 1.68. The molecular formula is C19H20N2O3S. The van der Waals surface area contributed by atoms with E-state index in [9.17, 15) is 13.2 Å². The van der Waals surface area contributed by atoms with E-state index in [1.165, 1.54) is 0 Å². The van der Waals surface area contributed by atoms with Gasteiger partial charge in [-0.3, -0.25) is 9.52 Å². The van der Waals surface area contributed by atoms with Gasteiger partial charge in [0.1, 0.15) is 0 Å². The second-order valence-corrected chi connectivity index (χ2v) is 8.60. The van der Waals surface area contributed by atoms with Crippen LogP contribution >= 0.6 is 0 Å². The number of rotatable bonds is 3. The van der Waals surface area contributed by atoms with E-state index in [4.69, 9.17) is 0 Å². The zero-order valence-electron chi connectivity index (χ0n) is 14.0. The van der Waals surface area contributed by atoms with Crippen molar-refractivity contribution in [2.75, 3.05) is 10.0 Å². The second kappa shape index (κ2) is 5.59. The van der Waals surface area contributed by atoms with Crippen molar-refractivity contribution in [2.24, 2.45) is 0 Å². The lowest BCUT2D eigenvalue weighted by Gasteiger charge is -2.21. The van der Waals surface area contributed by atoms with Crippen molar-refractivity contribution in [1.29, 1.82) is 0 Å². The molecule has 6 heteroatoms. The van der Waals surface area contributed by atoms with Gasteiger partial charge in [0.2, 0.25) is 5.91 Å². The monoisotopic (exact) mass is 356 g/mol. The molecule has 0 saturated heterocycles. The number of anilines is 2. The predicted octanol–water partition coefficient (Wildman–Crippen LogP) is 3.56. The molecule has 0 atom stereocenters. The summed E-state index contributed by atoms with van der Waals surface area (Å²) in [6.45, 7) is 1.91. The zero-order valence-corrected chi connectivity index (χ0v) is 14.8. The number of carbonyl (C=O) groups excluding carboxylic acids is 1. The first-order chi connectivity index (χ1) is 11.9. The number of hydrogen-bond donors (Lipinski definition) is 2. The molecule has 1 spiro atoms. The van der Waals surface area contributed by atoms with Gasteiger partial charge in [0.15, 0.2) is 0 Å². The van der Waals surface area contributed by atoms with Gasteiger partial charge in [-0.05, 0) is 55.7 Å². The van der Waals surface area contributed by atoms with Crippen LogP contribution in [-0.2, 0) is 20.2 Å². The fraction of sp³-hybridized carbons (Fsp3) is 0.316. The number of aryl methyl sites for hydroxylation is 1. The van der Waals surface area contributed by atoms with Crippen LogP contribution in [0.25, 0.3) is 0 Å². The predicted molar refractivity (Wildman–Crippen MR) is 97.2 cm³/mol. The van der Waals surface area contributed by atoms with Crippen molar-refractivity contribution in [2.45, 2.75) is 42.9 Å². The number of sulfonamides is 1. The Morgan fingerprint density at radius 3 is 2.40 bits per heavy atom. The largest absolute Gasteiger partial charge is 0.325 e. The molecule has 25 heavy (non-hydrogen) atoms. The average Bonchev–Trinajstić information content (AvgIpc) is 3.16. The summed E-state index contributed by atoms with van der Waals surface area (Å²) >= 11 is 0. The highest BCUT2D eigenvalue weighted by atomic mass is 32.2. The molecule has 0 aromatic heterocycles. The van der Waals surface area contributed by atoms with E-state index in [0.29, 0.717) is 5.69 Å². The maximum absolute atomic E-state index is 12.6. The highest BCUT2D eigenvalue weighted by molar-refractivity contribution is 7.92. The van der Waals surface area contributed by atoms with Crippen LogP contribution in [0.4, 0.5) is 11.4 Å². The van der Waals surface area contributed by atoms with Crippen LogP contribution in [0, 0.1) is 6.92 Å². The average molecular weight is 356 g/mol. The standard InChI is InChI=1S/C19H20N2O3S/c1-13-4-7-15(8-5-13)25(23,24)21-14-6-9-17-16(12-14)19(18(22)20-17)10-2-3-11-19/h4-9,12,21H,2-3,10-11H2,1H3,(H,20,22). The number of carbonyl (C=O) groups is 1. The van der Waals surface area contributed by atoms with E-state index in [1.54, 1.807) is 36.4 Å². The minimum Gasteiger partial charge on any atom is -0.325 e. The van der Waals surface area contributed by atoms with Crippen molar-refractivity contribution in [3.05, 3.63) is 53.6 Å². The van der Waals surface area contributed by atoms with Crippen molar-refractivity contribution < 1.29 is 13.2 Å². The Bertz CT molecular complexity index is 943. The first kappa shape index (κ1) is 16.1. The first-order valence-corrected chi connectivity index (χ1v) is 9.95. The number of hydrogen-bond acceptors (Lipinski definition) is 3. The molecule has 2 N–H and O–H groups in total. The van der Waals surface area contributed by atoms with Crippen molar-refractivity contribution >= 4 is 27.3 Å². The van der Waals surface area contributed by atoms with E-state index < -0.39 is 15.4 Å². The molecule has 1 amide bonds. The third kappa shape index (κ3) is 2.61. The zero-order chi connectivity index (χ0) is 17.7. The first-order valence-electron chi connectivity index (χ1n) is 8.46. The number of benzene rings is 2. The minimum absolute atomic E-state index is 0.0403. The lowest BCUT2D eigenvalue weighted by Crippen LogP contribution is -2.31. The van der Waals surface area contributed by atoms with Crippen LogP contribution in [0.1, 0.15) is 36.8 Å². The van der Waals surface area contributed by atoms with Gasteiger partial charge in [0, 0.05) is 11.4 Å². The van der Waals surface area contributed by atoms with Gasteiger partial charge in [-0.15, -0.1) is 0 Å². The molecule has 2 aromatic rings. The highest BCUT2D eigenvalue weighted by Crippen LogP contribution is 2.49. The molecule has 1 saturated carbocycles. The van der Waals surface area contributed by atoms with Crippen LogP contribution in [0.3, 0.4) is 0 Å². The van der Waals surface area contributed by atoms with Gasteiger partial charge in [-0.2, -0.15) is 0 Å². The smallest absolute Gasteiger partial charge is 0.261 e. The topological polar surface area (TPSA) is 75.3 Å². The SMILES string of the molecule is Cc1ccc(S(=O)(=O)Nc2ccc3c(c2)C2(CCCC2)C(=O)N3)cc1. The summed E-state index contributed by atoms with van der Waals surface area (Å²) in [7, 11) is -3.65. The molecule has 130 valence electrons. The third-order valence-electron chi connectivity index (χ3n) is 5.26. The lowest BCUT2D eigenvalue weighted by atomic mass is 9.80. The summed E-state index contributed by atoms with van der Waals surface area (Å²) in [4.78, 5) is 12.7. The normalized spacial score (nSPS) is 18.2. The highest BCUT2D eigenvalue weighted by Gasteiger charge is 2.48. The van der Waals surface area contributed by atoms with E-state index in [1.807, 2.05) is 13.0 Å². The molecular weight excluding hydrogens is 336 g/mol. The Hall–Kier alpha value is -2.34. The van der Waals surface area contributed by atoms with Crippen molar-refractivity contribution in [3.8, 4) is 0 Å². The summed E-state index contributed by atoms with van der Waals surface area (Å²) in [5.74, 6) is 0.0403. The number of amides is 1. The van der Waals surface area contributed by atoms with Gasteiger partial charge >= 0.3 is 0 Å².